The van der Waals surface area contributed by atoms with Crippen LogP contribution >= 0.6 is 11.3 Å². The predicted octanol–water partition coefficient (Wildman–Crippen LogP) is 2.78. The second-order valence-corrected chi connectivity index (χ2v) is 7.94. The molecule has 0 spiro atoms. The van der Waals surface area contributed by atoms with Crippen LogP contribution in [0.25, 0.3) is 5.69 Å². The molecule has 0 saturated heterocycles. The van der Waals surface area contributed by atoms with Crippen LogP contribution in [-0.4, -0.2) is 34.3 Å². The summed E-state index contributed by atoms with van der Waals surface area (Å²) in [6.45, 7) is 3.37. The summed E-state index contributed by atoms with van der Waals surface area (Å²) in [4.78, 5) is 9.87. The molecule has 0 radical (unpaired) electrons. The Bertz CT molecular complexity index is 1080. The molecule has 0 bridgehead atoms. The molecule has 3 aromatic rings. The van der Waals surface area contributed by atoms with Crippen LogP contribution < -0.4 is 16.4 Å². The highest BCUT2D eigenvalue weighted by Crippen LogP contribution is 2.21. The smallest absolute Gasteiger partial charge is 0.191 e. The Morgan fingerprint density at radius 3 is 2.74 bits per heavy atom. The Morgan fingerprint density at radius 2 is 2.10 bits per heavy atom. The van der Waals surface area contributed by atoms with Crippen molar-refractivity contribution < 1.29 is 4.39 Å². The highest BCUT2D eigenvalue weighted by atomic mass is 32.1. The van der Waals surface area contributed by atoms with Gasteiger partial charge in [0.15, 0.2) is 5.96 Å². The van der Waals surface area contributed by atoms with E-state index in [9.17, 15) is 9.65 Å². The number of nitrogens with zero attached hydrogens (tertiary/aromatic N) is 5. The number of nitrogens with two attached hydrogens (primary N) is 1. The first-order chi connectivity index (χ1) is 15.0. The van der Waals surface area contributed by atoms with E-state index in [1.54, 1.807) is 30.5 Å². The van der Waals surface area contributed by atoms with Crippen molar-refractivity contribution in [1.29, 1.82) is 5.26 Å². The molecular formula is C21H25FN8S. The summed E-state index contributed by atoms with van der Waals surface area (Å²) in [6.07, 6.45) is 4.18. The van der Waals surface area contributed by atoms with Gasteiger partial charge in [0.2, 0.25) is 0 Å². The highest BCUT2D eigenvalue weighted by molar-refractivity contribution is 7.11. The number of hydrogen-bond donors (Lipinski definition) is 3. The number of anilines is 1. The van der Waals surface area contributed by atoms with Gasteiger partial charge >= 0.3 is 0 Å². The number of nitriles is 1. The van der Waals surface area contributed by atoms with Crippen molar-refractivity contribution in [2.75, 3.05) is 19.3 Å². The molecule has 1 aromatic carbocycles. The van der Waals surface area contributed by atoms with Crippen molar-refractivity contribution in [2.24, 2.45) is 4.99 Å². The molecule has 162 valence electrons. The lowest BCUT2D eigenvalue weighted by molar-refractivity contribution is 0.627. The molecular weight excluding hydrogens is 415 g/mol. The topological polar surface area (TPSA) is 117 Å². The van der Waals surface area contributed by atoms with E-state index in [-0.39, 0.29) is 11.6 Å². The largest absolute Gasteiger partial charge is 0.382 e. The summed E-state index contributed by atoms with van der Waals surface area (Å²) in [6, 6.07) is 7.94. The zero-order chi connectivity index (χ0) is 22.2. The molecule has 0 atom stereocenters. The van der Waals surface area contributed by atoms with Crippen LogP contribution in [0.4, 0.5) is 10.2 Å². The number of guanidine groups is 1. The number of aromatic nitrogens is 3. The van der Waals surface area contributed by atoms with Gasteiger partial charge in [0.25, 0.3) is 0 Å². The number of thiazole rings is 1. The number of nitrogen functional groups attached to an aromatic ring is 1. The monoisotopic (exact) mass is 440 g/mol. The summed E-state index contributed by atoms with van der Waals surface area (Å²) >= 11 is 1.69. The maximum atomic E-state index is 13.2. The minimum absolute atomic E-state index is 0.254. The number of rotatable bonds is 8. The molecule has 10 heteroatoms. The Kier molecular flexibility index (Phi) is 7.56. The average Bonchev–Trinajstić information content (AvgIpc) is 3.37. The fourth-order valence-electron chi connectivity index (χ4n) is 2.99. The Labute approximate surface area is 184 Å². The van der Waals surface area contributed by atoms with E-state index in [2.05, 4.69) is 38.7 Å². The number of halogens is 1. The molecule has 0 fully saturated rings. The second kappa shape index (κ2) is 10.5. The van der Waals surface area contributed by atoms with E-state index in [1.165, 1.54) is 21.7 Å². The minimum atomic E-state index is -0.344. The van der Waals surface area contributed by atoms with Crippen molar-refractivity contribution in [3.63, 3.8) is 0 Å². The zero-order valence-electron chi connectivity index (χ0n) is 17.5. The maximum Gasteiger partial charge on any atom is 0.191 e. The quantitative estimate of drug-likeness (QED) is 0.282. The van der Waals surface area contributed by atoms with Gasteiger partial charge in [-0.1, -0.05) is 6.92 Å². The molecule has 0 saturated carbocycles. The van der Waals surface area contributed by atoms with E-state index in [0.717, 1.165) is 17.8 Å². The van der Waals surface area contributed by atoms with Gasteiger partial charge in [-0.25, -0.2) is 14.1 Å². The Hall–Kier alpha value is -3.45. The van der Waals surface area contributed by atoms with E-state index in [1.807, 2.05) is 6.20 Å². The first-order valence-corrected chi connectivity index (χ1v) is 10.8. The molecule has 4 N–H and O–H groups in total. The van der Waals surface area contributed by atoms with E-state index >= 15 is 0 Å². The molecule has 2 aromatic heterocycles. The van der Waals surface area contributed by atoms with Crippen molar-refractivity contribution in [3.05, 3.63) is 57.4 Å². The fourth-order valence-corrected chi connectivity index (χ4v) is 3.79. The van der Waals surface area contributed by atoms with Gasteiger partial charge in [-0.2, -0.15) is 10.4 Å². The van der Waals surface area contributed by atoms with Crippen LogP contribution in [-0.2, 0) is 19.4 Å². The fraction of sp³-hybridized carbons (Fsp3) is 0.333. The van der Waals surface area contributed by atoms with Gasteiger partial charge in [0.1, 0.15) is 28.3 Å². The predicted molar refractivity (Wildman–Crippen MR) is 121 cm³/mol. The summed E-state index contributed by atoms with van der Waals surface area (Å²) in [7, 11) is 1.72. The number of aliphatic imine (C=N–C) groups is 1. The first-order valence-electron chi connectivity index (χ1n) is 9.97. The van der Waals surface area contributed by atoms with Gasteiger partial charge < -0.3 is 16.4 Å². The molecule has 0 aliphatic rings. The van der Waals surface area contributed by atoms with Gasteiger partial charge in [0, 0.05) is 24.7 Å². The molecule has 3 rings (SSSR count). The normalized spacial score (nSPS) is 11.4. The van der Waals surface area contributed by atoms with Gasteiger partial charge in [-0.15, -0.1) is 11.3 Å². The average molecular weight is 441 g/mol. The van der Waals surface area contributed by atoms with Crippen LogP contribution in [0.2, 0.25) is 0 Å². The zero-order valence-corrected chi connectivity index (χ0v) is 18.3. The molecule has 0 aliphatic heterocycles. The van der Waals surface area contributed by atoms with Crippen molar-refractivity contribution in [3.8, 4) is 11.8 Å². The van der Waals surface area contributed by atoms with Gasteiger partial charge in [-0.3, -0.25) is 4.99 Å². The number of hydrogen-bond acceptors (Lipinski definition) is 6. The first kappa shape index (κ1) is 22.2. The number of benzene rings is 1. The van der Waals surface area contributed by atoms with Crippen molar-refractivity contribution in [1.82, 2.24) is 25.4 Å². The summed E-state index contributed by atoms with van der Waals surface area (Å²) in [5.41, 5.74) is 7.67. The Balaban J connectivity index is 1.54. The minimum Gasteiger partial charge on any atom is -0.382 e. The second-order valence-electron chi connectivity index (χ2n) is 6.74. The third kappa shape index (κ3) is 5.58. The molecule has 0 unspecified atom stereocenters. The van der Waals surface area contributed by atoms with Gasteiger partial charge in [-0.05, 0) is 43.5 Å². The van der Waals surface area contributed by atoms with E-state index in [4.69, 9.17) is 5.73 Å². The molecule has 2 heterocycles. The van der Waals surface area contributed by atoms with Crippen LogP contribution in [0.15, 0.2) is 35.5 Å². The summed E-state index contributed by atoms with van der Waals surface area (Å²) in [5.74, 6) is 0.596. The van der Waals surface area contributed by atoms with E-state index < -0.39 is 0 Å². The molecule has 31 heavy (non-hydrogen) atoms. The highest BCUT2D eigenvalue weighted by Gasteiger charge is 2.16. The van der Waals surface area contributed by atoms with Crippen molar-refractivity contribution in [2.45, 2.75) is 32.7 Å². The number of nitrogens with one attached hydrogen (secondary N) is 2. The summed E-state index contributed by atoms with van der Waals surface area (Å²) < 4.78 is 14.7. The van der Waals surface area contributed by atoms with Crippen LogP contribution in [0.5, 0.6) is 0 Å². The van der Waals surface area contributed by atoms with Gasteiger partial charge in [0.05, 0.1) is 17.9 Å². The van der Waals surface area contributed by atoms with Crippen LogP contribution in [0.1, 0.15) is 34.5 Å². The van der Waals surface area contributed by atoms with Crippen molar-refractivity contribution >= 4 is 23.1 Å². The Morgan fingerprint density at radius 1 is 1.32 bits per heavy atom. The van der Waals surface area contributed by atoms with E-state index in [0.29, 0.717) is 42.4 Å². The molecule has 8 nitrogen and oxygen atoms in total. The van der Waals surface area contributed by atoms with Crippen LogP contribution in [0, 0.1) is 17.1 Å². The number of aryl methyl sites for hydroxylation is 2. The molecule has 0 amide bonds. The lowest BCUT2D eigenvalue weighted by Crippen LogP contribution is -2.37. The third-order valence-electron chi connectivity index (χ3n) is 4.64. The maximum absolute atomic E-state index is 13.2. The standard InChI is InChI=1S/C21H25FN8S/c1-3-16-12-27-19(31-16)13-28-21(25-2)26-10-4-5-18-17(11-23)20(24)30(29-18)15-8-6-14(22)7-9-15/h6-9,12H,3-5,10,13,24H2,1-2H3,(H2,25,26,28). The lowest BCUT2D eigenvalue weighted by Gasteiger charge is -2.10. The SMILES string of the molecule is CCc1cnc(CNC(=NC)NCCCc2nn(-c3ccc(F)cc3)c(N)c2C#N)s1. The molecule has 0 aliphatic carbocycles. The third-order valence-corrected chi connectivity index (χ3v) is 5.78. The van der Waals surface area contributed by atoms with Crippen LogP contribution in [0.3, 0.4) is 0 Å². The summed E-state index contributed by atoms with van der Waals surface area (Å²) in [5, 5.41) is 21.5. The lowest BCUT2D eigenvalue weighted by atomic mass is 10.1.